The van der Waals surface area contributed by atoms with Crippen molar-refractivity contribution in [2.45, 2.75) is 191 Å². The highest BCUT2D eigenvalue weighted by molar-refractivity contribution is 5.40. The predicted octanol–water partition coefficient (Wildman–Crippen LogP) is 10.6. The molecule has 276 valence electrons. The molecule has 1 heterocycles. The number of halogens is 5. The molecule has 9 heteroatoms. The van der Waals surface area contributed by atoms with E-state index < -0.39 is 35.5 Å². The second-order valence-corrected chi connectivity index (χ2v) is 18.1. The van der Waals surface area contributed by atoms with Crippen LogP contribution in [0.4, 0.5) is 22.0 Å². The number of hydrogen-bond acceptors (Lipinski definition) is 4. The Morgan fingerprint density at radius 1 is 0.729 bits per heavy atom. The van der Waals surface area contributed by atoms with E-state index >= 15 is 0 Å². The van der Waals surface area contributed by atoms with Crippen LogP contribution in [0.5, 0.6) is 0 Å². The van der Waals surface area contributed by atoms with Crippen molar-refractivity contribution in [1.29, 1.82) is 0 Å². The van der Waals surface area contributed by atoms with Gasteiger partial charge in [-0.25, -0.2) is 0 Å². The second-order valence-electron chi connectivity index (χ2n) is 18.1. The summed E-state index contributed by atoms with van der Waals surface area (Å²) in [6.07, 6.45) is 11.8. The van der Waals surface area contributed by atoms with E-state index in [1.165, 1.54) is 5.57 Å². The molecular formula is C39H61F5O4. The maximum Gasteiger partial charge on any atom is 0.453 e. The summed E-state index contributed by atoms with van der Waals surface area (Å²) in [5.74, 6) is -4.45. The fraction of sp³-hybridized carbons (Fsp3) is 0.949. The highest BCUT2D eigenvalue weighted by Gasteiger charge is 2.74. The molecule has 0 aromatic rings. The molecule has 0 amide bonds. The average molecular weight is 689 g/mol. The minimum Gasteiger partial charge on any atom is -0.389 e. The zero-order valence-electron chi connectivity index (χ0n) is 29.7. The lowest BCUT2D eigenvalue weighted by Gasteiger charge is -2.61. The maximum absolute atomic E-state index is 13.1. The molecule has 0 radical (unpaired) electrons. The molecule has 1 aliphatic heterocycles. The van der Waals surface area contributed by atoms with E-state index in [4.69, 9.17) is 9.47 Å². The van der Waals surface area contributed by atoms with Crippen molar-refractivity contribution < 1.29 is 41.6 Å². The van der Waals surface area contributed by atoms with Crippen LogP contribution in [0.2, 0.25) is 0 Å². The summed E-state index contributed by atoms with van der Waals surface area (Å²) in [4.78, 5) is 0. The minimum atomic E-state index is -5.45. The Kier molecular flexibility index (Phi) is 10.0. The van der Waals surface area contributed by atoms with Crippen LogP contribution < -0.4 is 0 Å². The van der Waals surface area contributed by atoms with Crippen molar-refractivity contribution in [3.05, 3.63) is 11.1 Å². The van der Waals surface area contributed by atoms with Crippen LogP contribution >= 0.6 is 0 Å². The van der Waals surface area contributed by atoms with Crippen LogP contribution in [0.25, 0.3) is 0 Å². The van der Waals surface area contributed by atoms with Crippen molar-refractivity contribution in [2.75, 3.05) is 13.2 Å². The normalized spacial score (nSPS) is 38.6. The molecule has 4 nitrogen and oxygen atoms in total. The zero-order chi connectivity index (χ0) is 34.7. The van der Waals surface area contributed by atoms with E-state index in [0.717, 1.165) is 109 Å². The summed E-state index contributed by atoms with van der Waals surface area (Å²) in [5, 5.41) is 24.3. The van der Waals surface area contributed by atoms with Crippen molar-refractivity contribution in [3.8, 4) is 0 Å². The third-order valence-electron chi connectivity index (χ3n) is 14.5. The smallest absolute Gasteiger partial charge is 0.389 e. The molecule has 1 spiro atoms. The van der Waals surface area contributed by atoms with Crippen LogP contribution in [-0.4, -0.2) is 52.5 Å². The SMILES string of the molecule is CC1(C)COC2(CCC3=C4C(CCC3(O)C2)C23CCC(O)(CC2)[C@@]3(C)C[C@@H]4CCCCCCCCCCCCC(F)(F)C(F)(F)F)OC1. The fourth-order valence-electron chi connectivity index (χ4n) is 11.6. The lowest BCUT2D eigenvalue weighted by Crippen LogP contribution is -2.59. The minimum absolute atomic E-state index is 0.0187. The lowest BCUT2D eigenvalue weighted by molar-refractivity contribution is -0.322. The molecule has 0 aromatic heterocycles. The molecule has 6 aliphatic rings. The number of alkyl halides is 5. The topological polar surface area (TPSA) is 58.9 Å². The highest BCUT2D eigenvalue weighted by atomic mass is 19.4. The van der Waals surface area contributed by atoms with Gasteiger partial charge in [-0.1, -0.05) is 84.1 Å². The van der Waals surface area contributed by atoms with Gasteiger partial charge in [0, 0.05) is 30.1 Å². The third-order valence-corrected chi connectivity index (χ3v) is 14.5. The summed E-state index contributed by atoms with van der Waals surface area (Å²) in [6, 6.07) is 0. The van der Waals surface area contributed by atoms with Crippen LogP contribution in [-0.2, 0) is 9.47 Å². The number of ether oxygens (including phenoxy) is 2. The number of hydrogen-bond donors (Lipinski definition) is 2. The first-order chi connectivity index (χ1) is 22.4. The Balaban J connectivity index is 1.03. The first kappa shape index (κ1) is 37.0. The van der Waals surface area contributed by atoms with E-state index in [-0.39, 0.29) is 22.7 Å². The summed E-state index contributed by atoms with van der Waals surface area (Å²) < 4.78 is 75.9. The van der Waals surface area contributed by atoms with Gasteiger partial charge in [0.05, 0.1) is 24.4 Å². The van der Waals surface area contributed by atoms with Gasteiger partial charge in [-0.3, -0.25) is 0 Å². The number of allylic oxidation sites excluding steroid dienone is 1. The second kappa shape index (κ2) is 13.0. The molecule has 5 aliphatic carbocycles. The van der Waals surface area contributed by atoms with Crippen molar-refractivity contribution in [2.24, 2.45) is 28.1 Å². The predicted molar refractivity (Wildman–Crippen MR) is 175 cm³/mol. The maximum atomic E-state index is 13.1. The number of unbranched alkanes of at least 4 members (excludes halogenated alkanes) is 9. The van der Waals surface area contributed by atoms with Gasteiger partial charge >= 0.3 is 12.1 Å². The van der Waals surface area contributed by atoms with Crippen molar-refractivity contribution >= 4 is 0 Å². The molecule has 48 heavy (non-hydrogen) atoms. The lowest BCUT2D eigenvalue weighted by atomic mass is 9.45. The van der Waals surface area contributed by atoms with E-state index in [1.807, 2.05) is 0 Å². The molecule has 2 N–H and O–H groups in total. The van der Waals surface area contributed by atoms with Gasteiger partial charge in [0.15, 0.2) is 5.79 Å². The van der Waals surface area contributed by atoms with Gasteiger partial charge in [-0.15, -0.1) is 0 Å². The molecular weight excluding hydrogens is 627 g/mol. The largest absolute Gasteiger partial charge is 0.453 e. The molecule has 0 aromatic carbocycles. The first-order valence-corrected chi connectivity index (χ1v) is 19.3. The summed E-state index contributed by atoms with van der Waals surface area (Å²) in [5.41, 5.74) is 1.42. The molecule has 5 fully saturated rings. The van der Waals surface area contributed by atoms with E-state index in [2.05, 4.69) is 20.8 Å². The number of rotatable bonds is 13. The van der Waals surface area contributed by atoms with Crippen molar-refractivity contribution in [1.82, 2.24) is 0 Å². The van der Waals surface area contributed by atoms with Crippen molar-refractivity contribution in [3.63, 3.8) is 0 Å². The first-order valence-electron chi connectivity index (χ1n) is 19.3. The van der Waals surface area contributed by atoms with Gasteiger partial charge in [0.25, 0.3) is 0 Å². The Morgan fingerprint density at radius 2 is 1.29 bits per heavy atom. The van der Waals surface area contributed by atoms with E-state index in [9.17, 15) is 32.2 Å². The summed E-state index contributed by atoms with van der Waals surface area (Å²) >= 11 is 0. The molecule has 6 rings (SSSR count). The third kappa shape index (κ3) is 6.44. The summed E-state index contributed by atoms with van der Waals surface area (Å²) in [7, 11) is 0. The molecule has 2 bridgehead atoms. The molecule has 4 atom stereocenters. The Labute approximate surface area is 285 Å². The Hall–Kier alpha value is -0.770. The summed E-state index contributed by atoms with van der Waals surface area (Å²) in [6.45, 7) is 8.01. The highest BCUT2D eigenvalue weighted by Crippen LogP contribution is 2.78. The van der Waals surface area contributed by atoms with E-state index in [1.54, 1.807) is 5.57 Å². The Morgan fingerprint density at radius 3 is 1.88 bits per heavy atom. The van der Waals surface area contributed by atoms with Crippen LogP contribution in [0, 0.1) is 28.1 Å². The standard InChI is InChI=1S/C39H61F5O4/c1-32(2)26-47-37(48-27-32)19-16-30-31-28(14-12-10-8-6-4-5-7-9-11-13-17-38(40,41)39(42,43)44)24-33(3)34(20-22-36(33,46)23-21-34)29(31)15-18-35(30,45)25-37/h28-29,45-46H,4-27H2,1-3H3/t28-,29?,33-,34?,35?,36?/m0/s1. The number of fused-ring (bicyclic) bond motifs is 2. The molecule has 4 saturated carbocycles. The Bertz CT molecular complexity index is 1180. The van der Waals surface area contributed by atoms with Crippen LogP contribution in [0.15, 0.2) is 11.1 Å². The van der Waals surface area contributed by atoms with Crippen LogP contribution in [0.3, 0.4) is 0 Å². The average Bonchev–Trinajstić information content (AvgIpc) is 3.37. The van der Waals surface area contributed by atoms with Gasteiger partial charge in [0.2, 0.25) is 0 Å². The zero-order valence-corrected chi connectivity index (χ0v) is 29.7. The van der Waals surface area contributed by atoms with Gasteiger partial charge in [0.1, 0.15) is 0 Å². The fourth-order valence-corrected chi connectivity index (χ4v) is 11.6. The number of aliphatic hydroxyl groups is 2. The molecule has 1 saturated heterocycles. The quantitative estimate of drug-likeness (QED) is 0.115. The van der Waals surface area contributed by atoms with Crippen LogP contribution in [0.1, 0.15) is 162 Å². The van der Waals surface area contributed by atoms with Gasteiger partial charge in [-0.05, 0) is 87.0 Å². The van der Waals surface area contributed by atoms with E-state index in [0.29, 0.717) is 44.3 Å². The van der Waals surface area contributed by atoms with Gasteiger partial charge in [-0.2, -0.15) is 22.0 Å². The monoisotopic (exact) mass is 688 g/mol. The van der Waals surface area contributed by atoms with Gasteiger partial charge < -0.3 is 19.7 Å². The molecule has 2 unspecified atom stereocenters.